The van der Waals surface area contributed by atoms with Crippen LogP contribution in [0, 0.1) is 10.8 Å². The molecule has 0 bridgehead atoms. The number of ether oxygens (including phenoxy) is 1. The van der Waals surface area contributed by atoms with Crippen LogP contribution >= 0.6 is 11.6 Å². The van der Waals surface area contributed by atoms with Crippen molar-refractivity contribution in [3.8, 4) is 5.75 Å². The SMILES string of the molecule is C=CCOc1ccc(Cl)cc1CN1C[C@@]2(C(=O)O)C[C@@]2(C(=O)O)C1. The molecule has 0 unspecified atom stereocenters. The van der Waals surface area contributed by atoms with Gasteiger partial charge in [-0.2, -0.15) is 0 Å². The molecule has 2 atom stereocenters. The third-order valence-electron chi connectivity index (χ3n) is 4.97. The molecule has 2 N–H and O–H groups in total. The largest absolute Gasteiger partial charge is 0.489 e. The number of aliphatic carboxylic acids is 2. The second-order valence-electron chi connectivity index (χ2n) is 6.45. The Hall–Kier alpha value is -2.05. The highest BCUT2D eigenvalue weighted by Gasteiger charge is 2.80. The van der Waals surface area contributed by atoms with E-state index in [-0.39, 0.29) is 19.5 Å². The first-order valence-electron chi connectivity index (χ1n) is 7.56. The third-order valence-corrected chi connectivity index (χ3v) is 5.21. The zero-order valence-corrected chi connectivity index (χ0v) is 13.8. The van der Waals surface area contributed by atoms with Gasteiger partial charge in [0.1, 0.15) is 12.4 Å². The van der Waals surface area contributed by atoms with Gasteiger partial charge in [-0.25, -0.2) is 0 Å². The van der Waals surface area contributed by atoms with Crippen molar-refractivity contribution >= 4 is 23.5 Å². The number of nitrogens with zero attached hydrogens (tertiary/aromatic N) is 1. The van der Waals surface area contributed by atoms with Gasteiger partial charge in [-0.1, -0.05) is 24.3 Å². The number of fused-ring (bicyclic) bond motifs is 1. The topological polar surface area (TPSA) is 87.1 Å². The Morgan fingerprint density at radius 2 is 1.92 bits per heavy atom. The molecule has 1 heterocycles. The van der Waals surface area contributed by atoms with Crippen molar-refractivity contribution in [1.82, 2.24) is 4.90 Å². The van der Waals surface area contributed by atoms with Crippen LogP contribution in [0.3, 0.4) is 0 Å². The molecule has 128 valence electrons. The fraction of sp³-hybridized carbons (Fsp3) is 0.412. The molecule has 0 radical (unpaired) electrons. The van der Waals surface area contributed by atoms with E-state index >= 15 is 0 Å². The van der Waals surface area contributed by atoms with E-state index in [0.29, 0.717) is 23.9 Å². The van der Waals surface area contributed by atoms with Crippen LogP contribution in [0.15, 0.2) is 30.9 Å². The predicted octanol–water partition coefficient (Wildman–Crippen LogP) is 2.27. The van der Waals surface area contributed by atoms with E-state index in [1.165, 1.54) is 0 Å². The predicted molar refractivity (Wildman–Crippen MR) is 87.2 cm³/mol. The van der Waals surface area contributed by atoms with E-state index < -0.39 is 22.8 Å². The summed E-state index contributed by atoms with van der Waals surface area (Å²) < 4.78 is 5.60. The molecular formula is C17H18ClNO5. The molecule has 0 aromatic heterocycles. The molecule has 1 saturated heterocycles. The quantitative estimate of drug-likeness (QED) is 0.733. The first-order chi connectivity index (χ1) is 11.3. The molecule has 3 rings (SSSR count). The monoisotopic (exact) mass is 351 g/mol. The van der Waals surface area contributed by atoms with Crippen LogP contribution in [0.1, 0.15) is 12.0 Å². The van der Waals surface area contributed by atoms with Crippen LogP contribution in [0.25, 0.3) is 0 Å². The highest BCUT2D eigenvalue weighted by atomic mass is 35.5. The number of carbonyl (C=O) groups is 2. The minimum absolute atomic E-state index is 0.191. The lowest BCUT2D eigenvalue weighted by Crippen LogP contribution is -2.28. The van der Waals surface area contributed by atoms with Gasteiger partial charge in [0, 0.05) is 30.2 Å². The lowest BCUT2D eigenvalue weighted by molar-refractivity contribution is -0.151. The van der Waals surface area contributed by atoms with Gasteiger partial charge >= 0.3 is 11.9 Å². The lowest BCUT2D eigenvalue weighted by atomic mass is 9.97. The number of rotatable bonds is 7. The first-order valence-corrected chi connectivity index (χ1v) is 7.94. The maximum Gasteiger partial charge on any atom is 0.312 e. The van der Waals surface area contributed by atoms with Crippen molar-refractivity contribution in [3.63, 3.8) is 0 Å². The fourth-order valence-electron chi connectivity index (χ4n) is 3.71. The summed E-state index contributed by atoms with van der Waals surface area (Å²) in [4.78, 5) is 25.0. The number of likely N-dealkylation sites (tertiary alicyclic amines) is 1. The van der Waals surface area contributed by atoms with E-state index in [4.69, 9.17) is 16.3 Å². The van der Waals surface area contributed by atoms with E-state index in [2.05, 4.69) is 6.58 Å². The molecule has 1 saturated carbocycles. The highest BCUT2D eigenvalue weighted by Crippen LogP contribution is 2.68. The van der Waals surface area contributed by atoms with Gasteiger partial charge in [-0.3, -0.25) is 14.5 Å². The van der Waals surface area contributed by atoms with Crippen molar-refractivity contribution < 1.29 is 24.5 Å². The summed E-state index contributed by atoms with van der Waals surface area (Å²) in [6.45, 7) is 4.75. The molecule has 1 aliphatic carbocycles. The summed E-state index contributed by atoms with van der Waals surface area (Å²) in [6.07, 6.45) is 1.82. The molecule has 0 spiro atoms. The van der Waals surface area contributed by atoms with Gasteiger partial charge in [0.05, 0.1) is 10.8 Å². The van der Waals surface area contributed by atoms with Gasteiger partial charge in [0.25, 0.3) is 0 Å². The summed E-state index contributed by atoms with van der Waals surface area (Å²) in [6, 6.07) is 5.21. The molecule has 1 aromatic rings. The molecule has 7 heteroatoms. The van der Waals surface area contributed by atoms with Crippen LogP contribution in [0.4, 0.5) is 0 Å². The number of carboxylic acids is 2. The molecule has 6 nitrogen and oxygen atoms in total. The maximum atomic E-state index is 11.6. The van der Waals surface area contributed by atoms with Crippen LogP contribution in [0.5, 0.6) is 5.75 Å². The molecular weight excluding hydrogens is 334 g/mol. The number of carboxylic acid groups (broad SMARTS) is 2. The minimum Gasteiger partial charge on any atom is -0.489 e. The number of halogens is 1. The summed E-state index contributed by atoms with van der Waals surface area (Å²) in [5.74, 6) is -1.45. The van der Waals surface area contributed by atoms with Crippen LogP contribution < -0.4 is 4.74 Å². The maximum absolute atomic E-state index is 11.6. The molecule has 1 aromatic carbocycles. The van der Waals surface area contributed by atoms with Gasteiger partial charge < -0.3 is 14.9 Å². The van der Waals surface area contributed by atoms with Gasteiger partial charge in [0.2, 0.25) is 0 Å². The van der Waals surface area contributed by atoms with Crippen molar-refractivity contribution in [1.29, 1.82) is 0 Å². The van der Waals surface area contributed by atoms with E-state index in [9.17, 15) is 19.8 Å². The summed E-state index contributed by atoms with van der Waals surface area (Å²) in [5.41, 5.74) is -1.56. The van der Waals surface area contributed by atoms with Crippen molar-refractivity contribution in [2.24, 2.45) is 10.8 Å². The van der Waals surface area contributed by atoms with E-state index in [0.717, 1.165) is 5.56 Å². The lowest BCUT2D eigenvalue weighted by Gasteiger charge is -2.21. The summed E-state index contributed by atoms with van der Waals surface area (Å²) in [5, 5.41) is 19.5. The van der Waals surface area contributed by atoms with E-state index in [1.807, 2.05) is 4.90 Å². The minimum atomic E-state index is -1.18. The Kier molecular flexibility index (Phi) is 4.05. The molecule has 24 heavy (non-hydrogen) atoms. The van der Waals surface area contributed by atoms with Gasteiger partial charge in [-0.15, -0.1) is 0 Å². The van der Waals surface area contributed by atoms with E-state index in [1.54, 1.807) is 24.3 Å². The van der Waals surface area contributed by atoms with Crippen LogP contribution in [0.2, 0.25) is 5.02 Å². The first kappa shape index (κ1) is 16.8. The average Bonchev–Trinajstić information content (AvgIpc) is 3.06. The Balaban J connectivity index is 1.81. The zero-order chi connectivity index (χ0) is 17.5. The number of benzene rings is 1. The van der Waals surface area contributed by atoms with Gasteiger partial charge in [-0.05, 0) is 24.6 Å². The van der Waals surface area contributed by atoms with Crippen molar-refractivity contribution in [3.05, 3.63) is 41.4 Å². The molecule has 2 fully saturated rings. The standard InChI is InChI=1S/C17H18ClNO5/c1-2-5-24-13-4-3-12(18)6-11(13)7-19-9-16(14(20)21)8-17(16,10-19)15(22)23/h2-4,6H,1,5,7-10H2,(H,20,21)(H,22,23)/t16-,17+. The second kappa shape index (κ2) is 5.79. The van der Waals surface area contributed by atoms with Crippen molar-refractivity contribution in [2.45, 2.75) is 13.0 Å². The zero-order valence-electron chi connectivity index (χ0n) is 13.0. The molecule has 2 aliphatic rings. The van der Waals surface area contributed by atoms with Crippen LogP contribution in [-0.2, 0) is 16.1 Å². The highest BCUT2D eigenvalue weighted by molar-refractivity contribution is 6.30. The second-order valence-corrected chi connectivity index (χ2v) is 6.88. The normalized spacial score (nSPS) is 28.2. The number of piperidine rings is 1. The molecule has 0 amide bonds. The summed E-state index contributed by atoms with van der Waals surface area (Å²) in [7, 11) is 0. The average molecular weight is 352 g/mol. The smallest absolute Gasteiger partial charge is 0.312 e. The number of hydrogen-bond donors (Lipinski definition) is 2. The third kappa shape index (κ3) is 2.46. The van der Waals surface area contributed by atoms with Gasteiger partial charge in [0.15, 0.2) is 0 Å². The fourth-order valence-corrected chi connectivity index (χ4v) is 3.91. The molecule has 1 aliphatic heterocycles. The Bertz CT molecular complexity index is 693. The Morgan fingerprint density at radius 1 is 1.29 bits per heavy atom. The Morgan fingerprint density at radius 3 is 2.46 bits per heavy atom. The van der Waals surface area contributed by atoms with Crippen LogP contribution in [-0.4, -0.2) is 46.7 Å². The van der Waals surface area contributed by atoms with Crippen molar-refractivity contribution in [2.75, 3.05) is 19.7 Å². The summed E-state index contributed by atoms with van der Waals surface area (Å²) >= 11 is 6.05. The Labute approximate surface area is 144 Å². The number of hydrogen-bond acceptors (Lipinski definition) is 4.